The van der Waals surface area contributed by atoms with Crippen LogP contribution in [-0.4, -0.2) is 52.9 Å². The molecule has 1 aliphatic heterocycles. The van der Waals surface area contributed by atoms with Crippen molar-refractivity contribution in [3.8, 4) is 0 Å². The fourth-order valence-corrected chi connectivity index (χ4v) is 2.83. The second kappa shape index (κ2) is 6.75. The number of fused-ring (bicyclic) bond motifs is 1. The van der Waals surface area contributed by atoms with Crippen molar-refractivity contribution in [3.05, 3.63) is 23.8 Å². The third-order valence-electron chi connectivity index (χ3n) is 4.10. The standard InChI is InChI=1S/C18H24FN3O4/c1-11(23)16-20-13-9-12(19)14(10-15(13)25-16)21-5-7-22(8-6-21)17(24)26-18(2,3)4/h9-11,23H,5-8H2,1-4H3. The number of hydrogen-bond donors (Lipinski definition) is 1. The SMILES string of the molecule is CC(O)c1nc2cc(F)c(N3CCN(C(=O)OC(C)(C)C)CC3)cc2o1. The van der Waals surface area contributed by atoms with Crippen molar-refractivity contribution < 1.29 is 23.4 Å². The maximum atomic E-state index is 14.5. The summed E-state index contributed by atoms with van der Waals surface area (Å²) in [5, 5.41) is 9.56. The van der Waals surface area contributed by atoms with Gasteiger partial charge in [-0.25, -0.2) is 14.2 Å². The second-order valence-corrected chi connectivity index (χ2v) is 7.45. The number of aromatic nitrogens is 1. The minimum atomic E-state index is -0.855. The summed E-state index contributed by atoms with van der Waals surface area (Å²) < 4.78 is 25.4. The first-order chi connectivity index (χ1) is 12.1. The average molecular weight is 365 g/mol. The molecule has 1 aromatic carbocycles. The van der Waals surface area contributed by atoms with Crippen LogP contribution in [0.3, 0.4) is 0 Å². The first kappa shape index (κ1) is 18.4. The van der Waals surface area contributed by atoms with E-state index in [9.17, 15) is 14.3 Å². The monoisotopic (exact) mass is 365 g/mol. The molecular formula is C18H24FN3O4. The van der Waals surface area contributed by atoms with E-state index in [-0.39, 0.29) is 12.0 Å². The molecule has 0 radical (unpaired) electrons. The zero-order valence-electron chi connectivity index (χ0n) is 15.5. The molecule has 1 saturated heterocycles. The number of hydrogen-bond acceptors (Lipinski definition) is 6. The third kappa shape index (κ3) is 3.90. The van der Waals surface area contributed by atoms with Gasteiger partial charge in [0, 0.05) is 38.3 Å². The number of benzene rings is 1. The molecule has 142 valence electrons. The average Bonchev–Trinajstić information content (AvgIpc) is 2.96. The Hall–Kier alpha value is -2.35. The maximum absolute atomic E-state index is 14.5. The Morgan fingerprint density at radius 1 is 1.31 bits per heavy atom. The highest BCUT2D eigenvalue weighted by molar-refractivity contribution is 5.78. The number of ether oxygens (including phenoxy) is 1. The number of aliphatic hydroxyl groups is 1. The zero-order chi connectivity index (χ0) is 19.1. The molecule has 0 bridgehead atoms. The van der Waals surface area contributed by atoms with Crippen LogP contribution in [0.5, 0.6) is 0 Å². The molecule has 1 atom stereocenters. The number of carbonyl (C=O) groups excluding carboxylic acids is 1. The number of nitrogens with zero attached hydrogens (tertiary/aromatic N) is 3. The Bertz CT molecular complexity index is 805. The van der Waals surface area contributed by atoms with E-state index in [1.165, 1.54) is 13.0 Å². The van der Waals surface area contributed by atoms with Gasteiger partial charge in [-0.15, -0.1) is 0 Å². The van der Waals surface area contributed by atoms with E-state index < -0.39 is 17.5 Å². The van der Waals surface area contributed by atoms with Gasteiger partial charge in [0.25, 0.3) is 0 Å². The van der Waals surface area contributed by atoms with E-state index >= 15 is 0 Å². The van der Waals surface area contributed by atoms with Crippen LogP contribution in [0.15, 0.2) is 16.5 Å². The maximum Gasteiger partial charge on any atom is 0.410 e. The van der Waals surface area contributed by atoms with Crippen LogP contribution in [0.1, 0.15) is 39.7 Å². The number of anilines is 1. The lowest BCUT2D eigenvalue weighted by Crippen LogP contribution is -2.50. The molecular weight excluding hydrogens is 341 g/mol. The number of carbonyl (C=O) groups is 1. The summed E-state index contributed by atoms with van der Waals surface area (Å²) in [7, 11) is 0. The molecule has 2 heterocycles. The zero-order valence-corrected chi connectivity index (χ0v) is 15.5. The predicted octanol–water partition coefficient (Wildman–Crippen LogP) is 3.08. The van der Waals surface area contributed by atoms with Crippen LogP contribution in [0.25, 0.3) is 11.1 Å². The summed E-state index contributed by atoms with van der Waals surface area (Å²) in [4.78, 5) is 19.7. The molecule has 0 spiro atoms. The van der Waals surface area contributed by atoms with E-state index in [1.54, 1.807) is 11.0 Å². The molecule has 3 rings (SSSR count). The van der Waals surface area contributed by atoms with Gasteiger partial charge in [-0.3, -0.25) is 0 Å². The van der Waals surface area contributed by atoms with Gasteiger partial charge in [-0.1, -0.05) is 0 Å². The van der Waals surface area contributed by atoms with Crippen LogP contribution in [0.2, 0.25) is 0 Å². The number of piperazine rings is 1. The molecule has 1 unspecified atom stereocenters. The molecule has 7 nitrogen and oxygen atoms in total. The Morgan fingerprint density at radius 2 is 1.96 bits per heavy atom. The molecule has 26 heavy (non-hydrogen) atoms. The van der Waals surface area contributed by atoms with E-state index in [4.69, 9.17) is 9.15 Å². The summed E-state index contributed by atoms with van der Waals surface area (Å²) in [5.41, 5.74) is 0.648. The minimum absolute atomic E-state index is 0.159. The predicted molar refractivity (Wildman–Crippen MR) is 94.6 cm³/mol. The highest BCUT2D eigenvalue weighted by Gasteiger charge is 2.27. The van der Waals surface area contributed by atoms with E-state index in [1.807, 2.05) is 25.7 Å². The van der Waals surface area contributed by atoms with Crippen molar-refractivity contribution in [2.75, 3.05) is 31.1 Å². The van der Waals surface area contributed by atoms with Gasteiger partial charge in [-0.2, -0.15) is 0 Å². The molecule has 1 N–H and O–H groups in total. The fourth-order valence-electron chi connectivity index (χ4n) is 2.83. The topological polar surface area (TPSA) is 79.0 Å². The summed E-state index contributed by atoms with van der Waals surface area (Å²) in [6, 6.07) is 2.90. The summed E-state index contributed by atoms with van der Waals surface area (Å²) >= 11 is 0. The van der Waals surface area contributed by atoms with Gasteiger partial charge >= 0.3 is 6.09 Å². The summed E-state index contributed by atoms with van der Waals surface area (Å²) in [6.45, 7) is 8.87. The van der Waals surface area contributed by atoms with Crippen molar-refractivity contribution in [2.45, 2.75) is 39.4 Å². The Labute approximate surface area is 151 Å². The first-order valence-corrected chi connectivity index (χ1v) is 8.65. The van der Waals surface area contributed by atoms with Crippen LogP contribution in [-0.2, 0) is 4.74 Å². The van der Waals surface area contributed by atoms with Gasteiger partial charge < -0.3 is 24.1 Å². The second-order valence-electron chi connectivity index (χ2n) is 7.45. The molecule has 1 aromatic heterocycles. The van der Waals surface area contributed by atoms with Crippen molar-refractivity contribution >= 4 is 22.9 Å². The molecule has 1 fully saturated rings. The van der Waals surface area contributed by atoms with Crippen LogP contribution in [0, 0.1) is 5.82 Å². The molecule has 0 aliphatic carbocycles. The highest BCUT2D eigenvalue weighted by Crippen LogP contribution is 2.29. The Morgan fingerprint density at radius 3 is 2.54 bits per heavy atom. The molecule has 0 saturated carbocycles. The van der Waals surface area contributed by atoms with Gasteiger partial charge in [0.15, 0.2) is 5.58 Å². The number of oxazole rings is 1. The Balaban J connectivity index is 1.73. The number of amides is 1. The molecule has 1 amide bonds. The molecule has 8 heteroatoms. The number of aliphatic hydroxyl groups excluding tert-OH is 1. The lowest BCUT2D eigenvalue weighted by atomic mass is 10.2. The van der Waals surface area contributed by atoms with Crippen molar-refractivity contribution in [1.29, 1.82) is 0 Å². The molecule has 1 aliphatic rings. The van der Waals surface area contributed by atoms with E-state index in [0.29, 0.717) is 43.0 Å². The smallest absolute Gasteiger partial charge is 0.410 e. The summed E-state index contributed by atoms with van der Waals surface area (Å²) in [6.07, 6.45) is -1.21. The van der Waals surface area contributed by atoms with Gasteiger partial charge in [0.2, 0.25) is 5.89 Å². The molecule has 2 aromatic rings. The van der Waals surface area contributed by atoms with Gasteiger partial charge in [-0.05, 0) is 27.7 Å². The largest absolute Gasteiger partial charge is 0.444 e. The van der Waals surface area contributed by atoms with Crippen molar-refractivity contribution in [1.82, 2.24) is 9.88 Å². The normalized spacial score (nSPS) is 16.8. The van der Waals surface area contributed by atoms with E-state index in [2.05, 4.69) is 4.98 Å². The number of rotatable bonds is 2. The van der Waals surface area contributed by atoms with Crippen LogP contribution >= 0.6 is 0 Å². The lowest BCUT2D eigenvalue weighted by molar-refractivity contribution is 0.0240. The minimum Gasteiger partial charge on any atom is -0.444 e. The van der Waals surface area contributed by atoms with Crippen molar-refractivity contribution in [3.63, 3.8) is 0 Å². The van der Waals surface area contributed by atoms with Crippen LogP contribution < -0.4 is 4.90 Å². The van der Waals surface area contributed by atoms with Gasteiger partial charge in [0.1, 0.15) is 23.0 Å². The fraction of sp³-hybridized carbons (Fsp3) is 0.556. The Kier molecular flexibility index (Phi) is 4.79. The highest BCUT2D eigenvalue weighted by atomic mass is 19.1. The van der Waals surface area contributed by atoms with Crippen LogP contribution in [0.4, 0.5) is 14.9 Å². The lowest BCUT2D eigenvalue weighted by Gasteiger charge is -2.36. The quantitative estimate of drug-likeness (QED) is 0.881. The third-order valence-corrected chi connectivity index (χ3v) is 4.10. The number of halogens is 1. The summed E-state index contributed by atoms with van der Waals surface area (Å²) in [5.74, 6) is -0.250. The van der Waals surface area contributed by atoms with Gasteiger partial charge in [0.05, 0.1) is 5.69 Å². The van der Waals surface area contributed by atoms with Crippen molar-refractivity contribution in [2.24, 2.45) is 0 Å². The first-order valence-electron chi connectivity index (χ1n) is 8.65. The van der Waals surface area contributed by atoms with E-state index in [0.717, 1.165) is 0 Å².